The van der Waals surface area contributed by atoms with Gasteiger partial charge in [0.25, 0.3) is 0 Å². The van der Waals surface area contributed by atoms with Crippen LogP contribution in [0.15, 0.2) is 12.1 Å². The Kier molecular flexibility index (Phi) is 4.44. The number of rotatable bonds is 0. The van der Waals surface area contributed by atoms with Crippen LogP contribution in [-0.2, 0) is 0 Å². The molecule has 0 bridgehead atoms. The van der Waals surface area contributed by atoms with E-state index in [-0.39, 0.29) is 0 Å². The maximum absolute atomic E-state index is 2.51. The molecule has 0 N–H and O–H groups in total. The van der Waals surface area contributed by atoms with Crippen molar-refractivity contribution in [2.75, 3.05) is 0 Å². The van der Waals surface area contributed by atoms with Gasteiger partial charge in [0, 0.05) is 0 Å². The molecule has 0 radical (unpaired) electrons. The molecule has 3 aromatic rings. The summed E-state index contributed by atoms with van der Waals surface area (Å²) in [6.45, 7) is 0. The zero-order valence-corrected chi connectivity index (χ0v) is 19.5. The summed E-state index contributed by atoms with van der Waals surface area (Å²) in [6, 6.07) is 4.90. The first-order chi connectivity index (χ1) is 7.58. The summed E-state index contributed by atoms with van der Waals surface area (Å²) in [5.74, 6) is 0. The van der Waals surface area contributed by atoms with E-state index >= 15 is 0 Å². The molecule has 0 saturated heterocycles. The van der Waals surface area contributed by atoms with Gasteiger partial charge < -0.3 is 0 Å². The molecule has 16 heavy (non-hydrogen) atoms. The quantitative estimate of drug-likeness (QED) is 0.233. The molecule has 1 aromatic carbocycles. The van der Waals surface area contributed by atoms with Gasteiger partial charge in [-0.15, -0.1) is 0 Å². The van der Waals surface area contributed by atoms with E-state index < -0.39 is 0 Å². The van der Waals surface area contributed by atoms with Crippen LogP contribution in [0.4, 0.5) is 0 Å². The number of hydrogen-bond acceptors (Lipinski definition) is 0. The fraction of sp³-hybridized carbons (Fsp3) is 0. The molecular weight excluding hydrogens is 786 g/mol. The fourth-order valence-corrected chi connectivity index (χ4v) is 11.0. The molecule has 0 aliphatic carbocycles. The average molecular weight is 788 g/mol. The van der Waals surface area contributed by atoms with Crippen molar-refractivity contribution in [3.8, 4) is 0 Å². The Morgan fingerprint density at radius 1 is 0.688 bits per heavy atom. The van der Waals surface area contributed by atoms with Gasteiger partial charge in [-0.3, -0.25) is 0 Å². The molecule has 0 aliphatic heterocycles. The van der Waals surface area contributed by atoms with Crippen LogP contribution in [0.1, 0.15) is 0 Å². The molecule has 0 atom stereocenters. The van der Waals surface area contributed by atoms with Gasteiger partial charge >= 0.3 is 163 Å². The van der Waals surface area contributed by atoms with Crippen LogP contribution in [0.3, 0.4) is 0 Å². The van der Waals surface area contributed by atoms with E-state index in [0.29, 0.717) is 29.0 Å². The van der Waals surface area contributed by atoms with Gasteiger partial charge in [-0.25, -0.2) is 0 Å². The topological polar surface area (TPSA) is 0 Å². The van der Waals surface area contributed by atoms with Crippen LogP contribution in [0.2, 0.25) is 0 Å². The Labute approximate surface area is 159 Å². The van der Waals surface area contributed by atoms with Crippen LogP contribution < -0.4 is 0 Å². The fourth-order valence-electron chi connectivity index (χ4n) is 1.57. The monoisotopic (exact) mass is 789 g/mol. The molecule has 0 nitrogen and oxygen atoms in total. The van der Waals surface area contributed by atoms with Crippen LogP contribution in [0.25, 0.3) is 19.3 Å². The molecule has 0 aliphatic rings. The Hall–Kier alpha value is 2.66. The standard InChI is InChI=1S/C10H2I4Se2/c11-7-3-1-5-4(8(12)10(14)15-5)2-6(3)16-9(7)13/h1-2H. The van der Waals surface area contributed by atoms with E-state index in [1.165, 1.54) is 17.9 Å². The molecule has 6 heteroatoms. The normalized spacial score (nSPS) is 11.8. The molecule has 2 heterocycles. The van der Waals surface area contributed by atoms with Crippen LogP contribution >= 0.6 is 90.4 Å². The molecule has 3 rings (SSSR count). The average Bonchev–Trinajstić information content (AvgIpc) is 2.67. The predicted molar refractivity (Wildman–Crippen MR) is 106 cm³/mol. The molecule has 0 unspecified atom stereocenters. The molecule has 2 aromatic heterocycles. The second kappa shape index (κ2) is 5.21. The summed E-state index contributed by atoms with van der Waals surface area (Å²) in [6.07, 6.45) is 0. The van der Waals surface area contributed by atoms with E-state index in [2.05, 4.69) is 102 Å². The van der Waals surface area contributed by atoms with Gasteiger partial charge in [0.1, 0.15) is 0 Å². The molecule has 0 saturated carbocycles. The molecule has 0 amide bonds. The van der Waals surface area contributed by atoms with E-state index in [1.807, 2.05) is 0 Å². The van der Waals surface area contributed by atoms with Crippen molar-refractivity contribution in [1.29, 1.82) is 0 Å². The van der Waals surface area contributed by atoms with Crippen molar-refractivity contribution in [3.05, 3.63) is 24.2 Å². The van der Waals surface area contributed by atoms with E-state index in [9.17, 15) is 0 Å². The number of hydrogen-bond donors (Lipinski definition) is 0. The second-order valence-corrected chi connectivity index (χ2v) is 15.2. The third-order valence-corrected chi connectivity index (χ3v) is 15.6. The molecule has 82 valence electrons. The van der Waals surface area contributed by atoms with Gasteiger partial charge in [0.2, 0.25) is 0 Å². The van der Waals surface area contributed by atoms with Crippen molar-refractivity contribution >= 4 is 139 Å². The number of benzene rings is 1. The van der Waals surface area contributed by atoms with Crippen LogP contribution in [0.5, 0.6) is 0 Å². The van der Waals surface area contributed by atoms with Crippen molar-refractivity contribution < 1.29 is 0 Å². The SMILES string of the molecule is Ic1[se]c2cc3c(I)c(I)[se]c3cc2c1I. The predicted octanol–water partition coefficient (Wildman–Crippen LogP) is 4.53. The molecular formula is C10H2I4Se2. The minimum atomic E-state index is 0.555. The van der Waals surface area contributed by atoms with Gasteiger partial charge in [-0.05, 0) is 0 Å². The molecule has 0 fully saturated rings. The zero-order valence-electron chi connectivity index (χ0n) is 7.48. The zero-order chi connectivity index (χ0) is 11.4. The summed E-state index contributed by atoms with van der Waals surface area (Å²) in [5.41, 5.74) is 0. The Bertz CT molecular complexity index is 648. The summed E-state index contributed by atoms with van der Waals surface area (Å²) in [7, 11) is 0. The summed E-state index contributed by atoms with van der Waals surface area (Å²) in [5, 5.41) is 3.03. The summed E-state index contributed by atoms with van der Waals surface area (Å²) < 4.78 is 9.26. The van der Waals surface area contributed by atoms with E-state index in [0.717, 1.165) is 0 Å². The van der Waals surface area contributed by atoms with Gasteiger partial charge in [-0.1, -0.05) is 0 Å². The van der Waals surface area contributed by atoms with E-state index in [4.69, 9.17) is 0 Å². The van der Waals surface area contributed by atoms with Crippen molar-refractivity contribution in [2.24, 2.45) is 0 Å². The van der Waals surface area contributed by atoms with E-state index in [1.54, 1.807) is 13.4 Å². The van der Waals surface area contributed by atoms with Crippen LogP contribution in [-0.4, -0.2) is 29.0 Å². The van der Waals surface area contributed by atoms with Gasteiger partial charge in [-0.2, -0.15) is 0 Å². The van der Waals surface area contributed by atoms with Crippen molar-refractivity contribution in [2.45, 2.75) is 0 Å². The van der Waals surface area contributed by atoms with Crippen LogP contribution in [0, 0.1) is 12.0 Å². The van der Waals surface area contributed by atoms with Crippen molar-refractivity contribution in [3.63, 3.8) is 0 Å². The first-order valence-corrected chi connectivity index (χ1v) is 12.0. The maximum atomic E-state index is 2.51. The van der Waals surface area contributed by atoms with Gasteiger partial charge in [0.15, 0.2) is 0 Å². The first-order valence-electron chi connectivity index (χ1n) is 4.23. The Morgan fingerprint density at radius 2 is 1.06 bits per heavy atom. The third-order valence-electron chi connectivity index (χ3n) is 2.30. The Morgan fingerprint density at radius 3 is 1.44 bits per heavy atom. The number of halogens is 4. The minimum absolute atomic E-state index is 0.555. The summed E-state index contributed by atoms with van der Waals surface area (Å²) >= 11 is 11.1. The first kappa shape index (κ1) is 13.6. The van der Waals surface area contributed by atoms with Crippen molar-refractivity contribution in [1.82, 2.24) is 0 Å². The van der Waals surface area contributed by atoms with Gasteiger partial charge in [0.05, 0.1) is 0 Å². The summed E-state index contributed by atoms with van der Waals surface area (Å²) in [4.78, 5) is 0. The second-order valence-electron chi connectivity index (χ2n) is 3.22. The third kappa shape index (κ3) is 2.24. The molecule has 0 spiro atoms. The Balaban J connectivity index is 2.52. The number of fused-ring (bicyclic) bond motifs is 2.